The average Bonchev–Trinajstić information content (AvgIpc) is 3.01. The maximum atomic E-state index is 12.1. The second kappa shape index (κ2) is 4.38. The lowest BCUT2D eigenvalue weighted by atomic mass is 9.85. The molecule has 0 spiro atoms. The number of carbonyl (C=O) groups is 1. The summed E-state index contributed by atoms with van der Waals surface area (Å²) in [6.07, 6.45) is 0. The van der Waals surface area contributed by atoms with Gasteiger partial charge >= 0.3 is 5.97 Å². The first-order valence-electron chi connectivity index (χ1n) is 7.07. The molecule has 0 aromatic heterocycles. The van der Waals surface area contributed by atoms with E-state index in [0.717, 1.165) is 31.1 Å². The first-order valence-corrected chi connectivity index (χ1v) is 7.07. The van der Waals surface area contributed by atoms with Gasteiger partial charge in [-0.05, 0) is 30.2 Å². The molecule has 5 nitrogen and oxygen atoms in total. The third-order valence-corrected chi connectivity index (χ3v) is 4.41. The Kier molecular flexibility index (Phi) is 2.63. The fourth-order valence-electron chi connectivity index (χ4n) is 3.54. The number of ether oxygens (including phenoxy) is 3. The molecule has 1 aromatic rings. The largest absolute Gasteiger partial charge is 0.466 e. The predicted octanol–water partition coefficient (Wildman–Crippen LogP) is 1.51. The molecule has 1 fully saturated rings. The highest BCUT2D eigenvalue weighted by atomic mass is 16.7. The van der Waals surface area contributed by atoms with E-state index >= 15 is 0 Å². The topological polar surface area (TPSA) is 48.0 Å². The number of hydrogen-bond acceptors (Lipinski definition) is 5. The minimum absolute atomic E-state index is 0.0587. The monoisotopic (exact) mass is 275 g/mol. The molecule has 0 N–H and O–H groups in total. The van der Waals surface area contributed by atoms with Crippen LogP contribution >= 0.6 is 0 Å². The van der Waals surface area contributed by atoms with Gasteiger partial charge in [-0.25, -0.2) is 0 Å². The van der Waals surface area contributed by atoms with Gasteiger partial charge in [0, 0.05) is 25.6 Å². The molecule has 1 unspecified atom stereocenters. The maximum Gasteiger partial charge on any atom is 0.310 e. The quantitative estimate of drug-likeness (QED) is 0.766. The highest BCUT2D eigenvalue weighted by molar-refractivity contribution is 5.75. The molecule has 2 bridgehead atoms. The first kappa shape index (κ1) is 12.0. The van der Waals surface area contributed by atoms with Crippen LogP contribution in [-0.2, 0) is 16.1 Å². The van der Waals surface area contributed by atoms with Gasteiger partial charge in [-0.15, -0.1) is 0 Å². The molecule has 3 heterocycles. The van der Waals surface area contributed by atoms with Crippen LogP contribution in [0, 0.1) is 5.92 Å². The van der Waals surface area contributed by atoms with Gasteiger partial charge in [0.05, 0.1) is 12.5 Å². The van der Waals surface area contributed by atoms with Crippen LogP contribution < -0.4 is 9.47 Å². The van der Waals surface area contributed by atoms with Crippen LogP contribution in [0.3, 0.4) is 0 Å². The van der Waals surface area contributed by atoms with Crippen LogP contribution in [0.4, 0.5) is 0 Å². The van der Waals surface area contributed by atoms with Gasteiger partial charge in [0.2, 0.25) is 6.79 Å². The van der Waals surface area contributed by atoms with E-state index in [-0.39, 0.29) is 24.6 Å². The Morgan fingerprint density at radius 2 is 2.15 bits per heavy atom. The summed E-state index contributed by atoms with van der Waals surface area (Å²) in [7, 11) is 0. The Labute approximate surface area is 117 Å². The number of fused-ring (bicyclic) bond motifs is 5. The van der Waals surface area contributed by atoms with E-state index in [1.165, 1.54) is 11.1 Å². The number of carbonyl (C=O) groups excluding carboxylic acids is 1. The third-order valence-electron chi connectivity index (χ3n) is 4.41. The standard InChI is InChI=1S/C15H17NO4/c1-2-18-15(17)12-7-16-5-9-3-13-14(20-8-19-13)4-10(9)11(12)6-16/h3-4,11-12H,2,5-8H2,1H3/t11-,12+/m0/s1. The number of benzene rings is 1. The molecule has 3 atom stereocenters. The Bertz CT molecular complexity index is 571. The van der Waals surface area contributed by atoms with E-state index in [1.807, 2.05) is 6.92 Å². The normalized spacial score (nSPS) is 29.1. The minimum Gasteiger partial charge on any atom is -0.466 e. The van der Waals surface area contributed by atoms with Crippen molar-refractivity contribution in [3.05, 3.63) is 23.3 Å². The van der Waals surface area contributed by atoms with Gasteiger partial charge in [-0.3, -0.25) is 9.69 Å². The molecule has 3 aliphatic heterocycles. The highest BCUT2D eigenvalue weighted by Gasteiger charge is 2.44. The molecule has 0 amide bonds. The maximum absolute atomic E-state index is 12.1. The van der Waals surface area contributed by atoms with Gasteiger partial charge < -0.3 is 14.2 Å². The van der Waals surface area contributed by atoms with Gasteiger partial charge in [0.1, 0.15) is 0 Å². The third kappa shape index (κ3) is 1.69. The zero-order valence-corrected chi connectivity index (χ0v) is 11.4. The van der Waals surface area contributed by atoms with Crippen LogP contribution in [0.15, 0.2) is 12.1 Å². The van der Waals surface area contributed by atoms with Crippen molar-refractivity contribution in [2.75, 3.05) is 26.5 Å². The summed E-state index contributed by atoms with van der Waals surface area (Å²) < 4.78 is 16.1. The van der Waals surface area contributed by atoms with Crippen molar-refractivity contribution in [1.82, 2.24) is 4.90 Å². The molecule has 0 aliphatic carbocycles. The van der Waals surface area contributed by atoms with E-state index < -0.39 is 0 Å². The summed E-state index contributed by atoms with van der Waals surface area (Å²) >= 11 is 0. The van der Waals surface area contributed by atoms with E-state index in [0.29, 0.717) is 6.61 Å². The van der Waals surface area contributed by atoms with E-state index in [1.54, 1.807) is 0 Å². The molecule has 1 aromatic carbocycles. The molecule has 3 aliphatic rings. The Hall–Kier alpha value is -1.75. The van der Waals surface area contributed by atoms with E-state index in [9.17, 15) is 4.79 Å². The van der Waals surface area contributed by atoms with E-state index in [4.69, 9.17) is 14.2 Å². The van der Waals surface area contributed by atoms with Crippen LogP contribution in [-0.4, -0.2) is 37.4 Å². The lowest BCUT2D eigenvalue weighted by Gasteiger charge is -2.26. The second-order valence-electron chi connectivity index (χ2n) is 5.56. The lowest BCUT2D eigenvalue weighted by molar-refractivity contribution is -0.147. The Morgan fingerprint density at radius 3 is 2.95 bits per heavy atom. The molecular formula is C15H17NO4. The van der Waals surface area contributed by atoms with Crippen molar-refractivity contribution < 1.29 is 19.0 Å². The van der Waals surface area contributed by atoms with Crippen LogP contribution in [0.1, 0.15) is 24.0 Å². The zero-order chi connectivity index (χ0) is 13.7. The van der Waals surface area contributed by atoms with Crippen molar-refractivity contribution in [2.45, 2.75) is 19.4 Å². The van der Waals surface area contributed by atoms with Crippen molar-refractivity contribution >= 4 is 5.97 Å². The van der Waals surface area contributed by atoms with Crippen molar-refractivity contribution in [3.8, 4) is 11.5 Å². The molecular weight excluding hydrogens is 258 g/mol. The smallest absolute Gasteiger partial charge is 0.310 e. The Balaban J connectivity index is 1.71. The van der Waals surface area contributed by atoms with Gasteiger partial charge in [0.25, 0.3) is 0 Å². The van der Waals surface area contributed by atoms with Crippen molar-refractivity contribution in [1.29, 1.82) is 0 Å². The fourth-order valence-corrected chi connectivity index (χ4v) is 3.54. The number of hydrogen-bond donors (Lipinski definition) is 0. The van der Waals surface area contributed by atoms with Gasteiger partial charge in [-0.1, -0.05) is 0 Å². The van der Waals surface area contributed by atoms with Crippen LogP contribution in [0.5, 0.6) is 11.5 Å². The van der Waals surface area contributed by atoms with Gasteiger partial charge in [0.15, 0.2) is 11.5 Å². The number of rotatable bonds is 2. The lowest BCUT2D eigenvalue weighted by Crippen LogP contribution is -2.24. The summed E-state index contributed by atoms with van der Waals surface area (Å²) in [4.78, 5) is 14.4. The predicted molar refractivity (Wildman–Crippen MR) is 70.7 cm³/mol. The average molecular weight is 275 g/mol. The van der Waals surface area contributed by atoms with Crippen molar-refractivity contribution in [3.63, 3.8) is 0 Å². The van der Waals surface area contributed by atoms with Crippen LogP contribution in [0.2, 0.25) is 0 Å². The molecule has 0 saturated carbocycles. The minimum atomic E-state index is -0.0782. The van der Waals surface area contributed by atoms with E-state index in [2.05, 4.69) is 17.0 Å². The number of esters is 1. The molecule has 1 saturated heterocycles. The Morgan fingerprint density at radius 1 is 1.35 bits per heavy atom. The molecule has 5 heteroatoms. The molecule has 20 heavy (non-hydrogen) atoms. The SMILES string of the molecule is CCOC(=O)[C@@H]1CN2Cc3cc4c(cc3[C@@H]1C2)OCO4. The second-order valence-corrected chi connectivity index (χ2v) is 5.56. The molecule has 0 radical (unpaired) electrons. The summed E-state index contributed by atoms with van der Waals surface area (Å²) in [5, 5.41) is 0. The van der Waals surface area contributed by atoms with Crippen molar-refractivity contribution in [2.24, 2.45) is 5.92 Å². The summed E-state index contributed by atoms with van der Waals surface area (Å²) in [6, 6.07) is 4.11. The molecule has 106 valence electrons. The first-order chi connectivity index (χ1) is 9.76. The highest BCUT2D eigenvalue weighted by Crippen LogP contribution is 2.45. The summed E-state index contributed by atoms with van der Waals surface area (Å²) in [5.41, 5.74) is 2.47. The van der Waals surface area contributed by atoms with Crippen LogP contribution in [0.25, 0.3) is 0 Å². The van der Waals surface area contributed by atoms with Gasteiger partial charge in [-0.2, -0.15) is 0 Å². The fraction of sp³-hybridized carbons (Fsp3) is 0.533. The molecule has 4 rings (SSSR count). The number of nitrogens with zero attached hydrogens (tertiary/aromatic N) is 1. The summed E-state index contributed by atoms with van der Waals surface area (Å²) in [6.45, 7) is 5.16. The summed E-state index contributed by atoms with van der Waals surface area (Å²) in [5.74, 6) is 1.69. The zero-order valence-electron chi connectivity index (χ0n) is 11.4.